The lowest BCUT2D eigenvalue weighted by Gasteiger charge is -2.21. The molecule has 17 heavy (non-hydrogen) atoms. The largest absolute Gasteiger partial charge is 0.468 e. The van der Waals surface area contributed by atoms with Gasteiger partial charge in [0.25, 0.3) is 0 Å². The molecule has 0 radical (unpaired) electrons. The summed E-state index contributed by atoms with van der Waals surface area (Å²) in [6.07, 6.45) is 0. The van der Waals surface area contributed by atoms with Gasteiger partial charge in [-0.05, 0) is 28.1 Å². The molecule has 2 N–H and O–H groups in total. The Balaban J connectivity index is 3.09. The minimum Gasteiger partial charge on any atom is -0.468 e. The standard InChI is InChI=1S/C11H13BrN2O2S/c1-14(6-9(15)16-2)8-5-3-4-7(12)10(8)11(13)17/h3-5H,6H2,1-2H3,(H2,13,17). The first-order valence-corrected chi connectivity index (χ1v) is 6.03. The molecule has 1 aromatic carbocycles. The van der Waals surface area contributed by atoms with Crippen molar-refractivity contribution < 1.29 is 9.53 Å². The molecule has 0 aliphatic heterocycles. The molecule has 0 unspecified atom stereocenters. The van der Waals surface area contributed by atoms with E-state index < -0.39 is 0 Å². The Morgan fingerprint density at radius 2 is 2.24 bits per heavy atom. The van der Waals surface area contributed by atoms with Crippen molar-refractivity contribution in [2.45, 2.75) is 0 Å². The van der Waals surface area contributed by atoms with Gasteiger partial charge in [-0.25, -0.2) is 0 Å². The number of ether oxygens (including phenoxy) is 1. The van der Waals surface area contributed by atoms with E-state index in [4.69, 9.17) is 18.0 Å². The van der Waals surface area contributed by atoms with Gasteiger partial charge in [-0.1, -0.05) is 18.3 Å². The van der Waals surface area contributed by atoms with Gasteiger partial charge in [-0.15, -0.1) is 0 Å². The zero-order valence-corrected chi connectivity index (χ0v) is 12.0. The highest BCUT2D eigenvalue weighted by molar-refractivity contribution is 9.10. The van der Waals surface area contributed by atoms with Crippen LogP contribution in [0.1, 0.15) is 5.56 Å². The second-order valence-corrected chi connectivity index (χ2v) is 4.72. The Bertz CT molecular complexity index is 451. The third-order valence-electron chi connectivity index (χ3n) is 2.24. The average molecular weight is 317 g/mol. The van der Waals surface area contributed by atoms with Crippen molar-refractivity contribution in [1.29, 1.82) is 0 Å². The van der Waals surface area contributed by atoms with Gasteiger partial charge < -0.3 is 15.4 Å². The van der Waals surface area contributed by atoms with E-state index in [0.29, 0.717) is 5.56 Å². The van der Waals surface area contributed by atoms with Gasteiger partial charge in [0.2, 0.25) is 0 Å². The fraction of sp³-hybridized carbons (Fsp3) is 0.273. The fourth-order valence-electron chi connectivity index (χ4n) is 1.42. The van der Waals surface area contributed by atoms with Crippen LogP contribution in [0, 0.1) is 0 Å². The number of likely N-dealkylation sites (N-methyl/N-ethyl adjacent to an activating group) is 1. The molecule has 0 bridgehead atoms. The molecular formula is C11H13BrN2O2S. The Labute approximate surface area is 114 Å². The number of nitrogens with zero attached hydrogens (tertiary/aromatic N) is 1. The fourth-order valence-corrected chi connectivity index (χ4v) is 2.33. The zero-order chi connectivity index (χ0) is 13.0. The lowest BCUT2D eigenvalue weighted by molar-refractivity contribution is -0.138. The topological polar surface area (TPSA) is 55.6 Å². The number of rotatable bonds is 4. The zero-order valence-electron chi connectivity index (χ0n) is 9.57. The lowest BCUT2D eigenvalue weighted by Crippen LogP contribution is -2.28. The van der Waals surface area contributed by atoms with Gasteiger partial charge in [0.15, 0.2) is 0 Å². The number of hydrogen-bond acceptors (Lipinski definition) is 4. The summed E-state index contributed by atoms with van der Waals surface area (Å²) in [5.41, 5.74) is 7.18. The van der Waals surface area contributed by atoms with Gasteiger partial charge in [0.05, 0.1) is 7.11 Å². The molecule has 0 aliphatic rings. The lowest BCUT2D eigenvalue weighted by atomic mass is 10.1. The highest BCUT2D eigenvalue weighted by atomic mass is 79.9. The minimum atomic E-state index is -0.318. The molecule has 6 heteroatoms. The van der Waals surface area contributed by atoms with Crippen LogP contribution in [0.5, 0.6) is 0 Å². The Kier molecular flexibility index (Phi) is 4.89. The van der Waals surface area contributed by atoms with Crippen molar-refractivity contribution in [1.82, 2.24) is 0 Å². The predicted molar refractivity (Wildman–Crippen MR) is 75.3 cm³/mol. The number of esters is 1. The molecule has 0 aromatic heterocycles. The van der Waals surface area contributed by atoms with Crippen LogP contribution in [0.2, 0.25) is 0 Å². The van der Waals surface area contributed by atoms with E-state index in [1.807, 2.05) is 18.2 Å². The van der Waals surface area contributed by atoms with Crippen molar-refractivity contribution in [3.05, 3.63) is 28.2 Å². The van der Waals surface area contributed by atoms with Crippen LogP contribution < -0.4 is 10.6 Å². The third kappa shape index (κ3) is 3.41. The Morgan fingerprint density at radius 1 is 1.59 bits per heavy atom. The van der Waals surface area contributed by atoms with Crippen molar-refractivity contribution in [2.24, 2.45) is 5.73 Å². The van der Waals surface area contributed by atoms with Crippen molar-refractivity contribution in [3.63, 3.8) is 0 Å². The summed E-state index contributed by atoms with van der Waals surface area (Å²) < 4.78 is 5.42. The van der Waals surface area contributed by atoms with E-state index in [1.165, 1.54) is 7.11 Å². The van der Waals surface area contributed by atoms with Crippen LogP contribution >= 0.6 is 28.1 Å². The van der Waals surface area contributed by atoms with E-state index in [9.17, 15) is 4.79 Å². The van der Waals surface area contributed by atoms with Gasteiger partial charge >= 0.3 is 5.97 Å². The summed E-state index contributed by atoms with van der Waals surface area (Å²) in [6.45, 7) is 0.141. The first kappa shape index (κ1) is 13.9. The Hall–Kier alpha value is -1.14. The quantitative estimate of drug-likeness (QED) is 0.676. The van der Waals surface area contributed by atoms with Gasteiger partial charge in [0, 0.05) is 22.8 Å². The van der Waals surface area contributed by atoms with Crippen molar-refractivity contribution in [2.75, 3.05) is 25.6 Å². The van der Waals surface area contributed by atoms with Gasteiger partial charge in [-0.3, -0.25) is 4.79 Å². The smallest absolute Gasteiger partial charge is 0.325 e. The number of carbonyl (C=O) groups is 1. The average Bonchev–Trinajstić information content (AvgIpc) is 2.27. The SMILES string of the molecule is COC(=O)CN(C)c1cccc(Br)c1C(N)=S. The van der Waals surface area contributed by atoms with Crippen LogP contribution in [-0.4, -0.2) is 31.7 Å². The number of methoxy groups -OCH3 is 1. The molecule has 0 spiro atoms. The maximum atomic E-state index is 11.2. The molecule has 0 saturated carbocycles. The summed E-state index contributed by atoms with van der Waals surface area (Å²) in [6, 6.07) is 5.56. The highest BCUT2D eigenvalue weighted by Crippen LogP contribution is 2.27. The van der Waals surface area contributed by atoms with Gasteiger partial charge in [0.1, 0.15) is 11.5 Å². The second kappa shape index (κ2) is 5.97. The molecule has 92 valence electrons. The third-order valence-corrected chi connectivity index (χ3v) is 3.11. The minimum absolute atomic E-state index is 0.141. The molecule has 0 amide bonds. The van der Waals surface area contributed by atoms with Crippen molar-refractivity contribution in [3.8, 4) is 0 Å². The first-order valence-electron chi connectivity index (χ1n) is 4.83. The van der Waals surface area contributed by atoms with E-state index in [0.717, 1.165) is 10.2 Å². The van der Waals surface area contributed by atoms with E-state index in [-0.39, 0.29) is 17.5 Å². The van der Waals surface area contributed by atoms with Gasteiger partial charge in [-0.2, -0.15) is 0 Å². The number of carbonyl (C=O) groups excluding carboxylic acids is 1. The van der Waals surface area contributed by atoms with E-state index in [2.05, 4.69) is 20.7 Å². The molecule has 0 atom stereocenters. The number of halogens is 1. The monoisotopic (exact) mass is 316 g/mol. The number of thiocarbonyl (C=S) groups is 1. The number of anilines is 1. The maximum Gasteiger partial charge on any atom is 0.325 e. The summed E-state index contributed by atoms with van der Waals surface area (Å²) in [5, 5.41) is 0. The number of nitrogens with two attached hydrogens (primary N) is 1. The number of benzene rings is 1. The predicted octanol–water partition coefficient (Wildman–Crippen LogP) is 1.69. The van der Waals surface area contributed by atoms with Crippen LogP contribution in [0.15, 0.2) is 22.7 Å². The van der Waals surface area contributed by atoms with Crippen molar-refractivity contribution >= 4 is 44.8 Å². The highest BCUT2D eigenvalue weighted by Gasteiger charge is 2.15. The summed E-state index contributed by atoms with van der Waals surface area (Å²) >= 11 is 8.39. The number of hydrogen-bond donors (Lipinski definition) is 1. The van der Waals surface area contributed by atoms with Crippen LogP contribution in [-0.2, 0) is 9.53 Å². The van der Waals surface area contributed by atoms with E-state index >= 15 is 0 Å². The molecule has 0 heterocycles. The Morgan fingerprint density at radius 3 is 2.76 bits per heavy atom. The molecule has 1 aromatic rings. The molecule has 1 rings (SSSR count). The summed E-state index contributed by atoms with van der Waals surface area (Å²) in [4.78, 5) is 13.2. The first-order chi connectivity index (χ1) is 7.97. The molecule has 0 fully saturated rings. The maximum absolute atomic E-state index is 11.2. The molecular weight excluding hydrogens is 304 g/mol. The molecule has 0 saturated heterocycles. The van der Waals surface area contributed by atoms with E-state index in [1.54, 1.807) is 11.9 Å². The summed E-state index contributed by atoms with van der Waals surface area (Å²) in [7, 11) is 3.13. The van der Waals surface area contributed by atoms with Crippen LogP contribution in [0.4, 0.5) is 5.69 Å². The molecule has 4 nitrogen and oxygen atoms in total. The second-order valence-electron chi connectivity index (χ2n) is 3.43. The summed E-state index contributed by atoms with van der Waals surface area (Å²) in [5.74, 6) is -0.318. The van der Waals surface area contributed by atoms with Crippen LogP contribution in [0.25, 0.3) is 0 Å². The van der Waals surface area contributed by atoms with Crippen LogP contribution in [0.3, 0.4) is 0 Å². The normalized spacial score (nSPS) is 9.82. The molecule has 0 aliphatic carbocycles.